The predicted octanol–water partition coefficient (Wildman–Crippen LogP) is 2.73. The van der Waals surface area contributed by atoms with Gasteiger partial charge in [0, 0.05) is 12.2 Å². The second-order valence-corrected chi connectivity index (χ2v) is 5.61. The first-order valence-electron chi connectivity index (χ1n) is 4.87. The Morgan fingerprint density at radius 3 is 2.77 bits per heavy atom. The standard InChI is InChI=1S/C9H16N2S2/c10-13-9-11(6-7-12-9)8-4-2-1-3-5-8/h6-9H,1-5,10H2. The average molecular weight is 216 g/mol. The van der Waals surface area contributed by atoms with E-state index in [-0.39, 0.29) is 0 Å². The van der Waals surface area contributed by atoms with Gasteiger partial charge < -0.3 is 4.90 Å². The molecule has 1 atom stereocenters. The van der Waals surface area contributed by atoms with Gasteiger partial charge in [-0.2, -0.15) is 0 Å². The molecule has 0 saturated heterocycles. The van der Waals surface area contributed by atoms with Gasteiger partial charge in [-0.15, -0.1) is 0 Å². The molecule has 2 N–H and O–H groups in total. The van der Waals surface area contributed by atoms with Crippen molar-refractivity contribution in [3.05, 3.63) is 11.6 Å². The molecule has 2 nitrogen and oxygen atoms in total. The molecule has 1 heterocycles. The Balaban J connectivity index is 1.93. The lowest BCUT2D eigenvalue weighted by Crippen LogP contribution is -2.35. The van der Waals surface area contributed by atoms with Crippen LogP contribution in [0.25, 0.3) is 0 Å². The minimum absolute atomic E-state index is 0.433. The highest BCUT2D eigenvalue weighted by atomic mass is 32.2. The molecular weight excluding hydrogens is 200 g/mol. The van der Waals surface area contributed by atoms with E-state index in [4.69, 9.17) is 5.14 Å². The van der Waals surface area contributed by atoms with Gasteiger partial charge in [0.25, 0.3) is 0 Å². The maximum absolute atomic E-state index is 5.65. The van der Waals surface area contributed by atoms with E-state index < -0.39 is 0 Å². The molecule has 1 aliphatic carbocycles. The van der Waals surface area contributed by atoms with Gasteiger partial charge in [-0.3, -0.25) is 5.14 Å². The molecule has 0 amide bonds. The Morgan fingerprint density at radius 2 is 2.08 bits per heavy atom. The number of hydrogen-bond acceptors (Lipinski definition) is 4. The summed E-state index contributed by atoms with van der Waals surface area (Å²) in [5.41, 5.74) is 0. The normalized spacial score (nSPS) is 29.9. The molecule has 1 unspecified atom stereocenters. The lowest BCUT2D eigenvalue weighted by molar-refractivity contribution is 0.239. The molecule has 0 aromatic carbocycles. The second-order valence-electron chi connectivity index (χ2n) is 3.60. The van der Waals surface area contributed by atoms with Crippen molar-refractivity contribution in [3.8, 4) is 0 Å². The molecule has 1 fully saturated rings. The number of hydrogen-bond donors (Lipinski definition) is 1. The average Bonchev–Trinajstić information content (AvgIpc) is 2.67. The van der Waals surface area contributed by atoms with Gasteiger partial charge in [0.1, 0.15) is 4.71 Å². The second kappa shape index (κ2) is 4.62. The Hall–Kier alpha value is 0.200. The van der Waals surface area contributed by atoms with Gasteiger partial charge in [0.2, 0.25) is 0 Å². The largest absolute Gasteiger partial charge is 0.352 e. The van der Waals surface area contributed by atoms with Gasteiger partial charge in [-0.1, -0.05) is 31.0 Å². The van der Waals surface area contributed by atoms with Crippen molar-refractivity contribution in [2.24, 2.45) is 5.14 Å². The van der Waals surface area contributed by atoms with Crippen LogP contribution in [0.5, 0.6) is 0 Å². The highest BCUT2D eigenvalue weighted by Crippen LogP contribution is 2.36. The smallest absolute Gasteiger partial charge is 0.140 e. The summed E-state index contributed by atoms with van der Waals surface area (Å²) in [4.78, 5) is 2.44. The summed E-state index contributed by atoms with van der Waals surface area (Å²) in [7, 11) is 0. The molecule has 2 rings (SSSR count). The van der Waals surface area contributed by atoms with Crippen molar-refractivity contribution in [1.29, 1.82) is 0 Å². The minimum Gasteiger partial charge on any atom is -0.352 e. The molecule has 1 saturated carbocycles. The maximum atomic E-state index is 5.65. The fourth-order valence-corrected chi connectivity index (χ4v) is 3.65. The fraction of sp³-hybridized carbons (Fsp3) is 0.778. The van der Waals surface area contributed by atoms with E-state index in [1.54, 1.807) is 0 Å². The zero-order valence-electron chi connectivity index (χ0n) is 7.69. The van der Waals surface area contributed by atoms with Crippen molar-refractivity contribution < 1.29 is 0 Å². The first-order valence-corrected chi connectivity index (χ1v) is 6.75. The van der Waals surface area contributed by atoms with Gasteiger partial charge >= 0.3 is 0 Å². The summed E-state index contributed by atoms with van der Waals surface area (Å²) >= 11 is 3.29. The van der Waals surface area contributed by atoms with Crippen LogP contribution in [0, 0.1) is 0 Å². The zero-order valence-corrected chi connectivity index (χ0v) is 9.32. The molecule has 0 radical (unpaired) electrons. The van der Waals surface area contributed by atoms with Crippen LogP contribution in [0.15, 0.2) is 11.6 Å². The lowest BCUT2D eigenvalue weighted by atomic mass is 9.95. The fourth-order valence-electron chi connectivity index (χ4n) is 2.09. The number of rotatable bonds is 2. The third-order valence-electron chi connectivity index (χ3n) is 2.78. The third kappa shape index (κ3) is 2.17. The first-order chi connectivity index (χ1) is 6.42. The molecule has 4 heteroatoms. The summed E-state index contributed by atoms with van der Waals surface area (Å²) in [6.07, 6.45) is 9.11. The van der Waals surface area contributed by atoms with Crippen molar-refractivity contribution in [1.82, 2.24) is 4.90 Å². The molecule has 0 bridgehead atoms. The van der Waals surface area contributed by atoms with E-state index in [1.165, 1.54) is 44.1 Å². The number of nitrogens with two attached hydrogens (primary N) is 1. The summed E-state index contributed by atoms with van der Waals surface area (Å²) in [6.45, 7) is 0. The van der Waals surface area contributed by atoms with Gasteiger partial charge in [-0.05, 0) is 30.2 Å². The van der Waals surface area contributed by atoms with E-state index in [0.717, 1.165) is 6.04 Å². The van der Waals surface area contributed by atoms with E-state index in [2.05, 4.69) is 16.5 Å². The van der Waals surface area contributed by atoms with Crippen LogP contribution in [0.4, 0.5) is 0 Å². The van der Waals surface area contributed by atoms with Crippen LogP contribution >= 0.6 is 23.7 Å². The number of nitrogens with zero attached hydrogens (tertiary/aromatic N) is 1. The molecule has 0 aromatic heterocycles. The summed E-state index contributed by atoms with van der Waals surface area (Å²) in [6, 6.07) is 0.751. The highest BCUT2D eigenvalue weighted by Gasteiger charge is 2.27. The van der Waals surface area contributed by atoms with Crippen LogP contribution in [0.3, 0.4) is 0 Å². The molecule has 74 valence electrons. The molecule has 0 spiro atoms. The van der Waals surface area contributed by atoms with Crippen LogP contribution in [0.1, 0.15) is 32.1 Å². The van der Waals surface area contributed by atoms with Crippen LogP contribution in [-0.2, 0) is 0 Å². The summed E-state index contributed by atoms with van der Waals surface area (Å²) in [5, 5.41) is 7.81. The molecule has 2 aliphatic rings. The summed E-state index contributed by atoms with van der Waals surface area (Å²) in [5.74, 6) is 0. The van der Waals surface area contributed by atoms with Crippen molar-refractivity contribution in [2.45, 2.75) is 42.9 Å². The number of thioether (sulfide) groups is 1. The Kier molecular flexibility index (Phi) is 3.46. The van der Waals surface area contributed by atoms with E-state index in [0.29, 0.717) is 4.71 Å². The zero-order chi connectivity index (χ0) is 9.10. The third-order valence-corrected chi connectivity index (χ3v) is 4.68. The molecule has 0 aromatic rings. The quantitative estimate of drug-likeness (QED) is 0.719. The summed E-state index contributed by atoms with van der Waals surface area (Å²) < 4.78 is 0.433. The van der Waals surface area contributed by atoms with Crippen molar-refractivity contribution in [2.75, 3.05) is 0 Å². The van der Waals surface area contributed by atoms with Crippen molar-refractivity contribution in [3.63, 3.8) is 0 Å². The van der Waals surface area contributed by atoms with Gasteiger partial charge in [0.15, 0.2) is 0 Å². The van der Waals surface area contributed by atoms with Crippen LogP contribution in [0.2, 0.25) is 0 Å². The van der Waals surface area contributed by atoms with E-state index >= 15 is 0 Å². The van der Waals surface area contributed by atoms with Crippen LogP contribution < -0.4 is 5.14 Å². The topological polar surface area (TPSA) is 29.3 Å². The van der Waals surface area contributed by atoms with Gasteiger partial charge in [-0.25, -0.2) is 0 Å². The molecule has 1 aliphatic heterocycles. The predicted molar refractivity (Wildman–Crippen MR) is 61.0 cm³/mol. The van der Waals surface area contributed by atoms with E-state index in [1.807, 2.05) is 11.8 Å². The monoisotopic (exact) mass is 216 g/mol. The lowest BCUT2D eigenvalue weighted by Gasteiger charge is -2.34. The van der Waals surface area contributed by atoms with Crippen molar-refractivity contribution >= 4 is 23.7 Å². The van der Waals surface area contributed by atoms with E-state index in [9.17, 15) is 0 Å². The Bertz CT molecular complexity index is 190. The van der Waals surface area contributed by atoms with Crippen LogP contribution in [-0.4, -0.2) is 15.6 Å². The molecular formula is C9H16N2S2. The Labute approximate surface area is 88.4 Å². The minimum atomic E-state index is 0.433. The first kappa shape index (κ1) is 9.74. The Morgan fingerprint density at radius 1 is 1.31 bits per heavy atom. The van der Waals surface area contributed by atoms with Gasteiger partial charge in [0.05, 0.1) is 0 Å². The maximum Gasteiger partial charge on any atom is 0.140 e. The SMILES string of the molecule is NSC1SC=CN1C1CCCCC1. The molecule has 13 heavy (non-hydrogen) atoms. The highest BCUT2D eigenvalue weighted by molar-refractivity contribution is 8.17.